The van der Waals surface area contributed by atoms with Crippen LogP contribution in [0.2, 0.25) is 0 Å². The molecule has 0 heterocycles. The Morgan fingerprint density at radius 3 is 2.73 bits per heavy atom. The lowest BCUT2D eigenvalue weighted by atomic mass is 10.1. The second-order valence-corrected chi connectivity index (χ2v) is 3.77. The van der Waals surface area contributed by atoms with Gasteiger partial charge in [0.25, 0.3) is 0 Å². The van der Waals surface area contributed by atoms with E-state index in [1.54, 1.807) is 0 Å². The molecule has 1 rings (SSSR count). The van der Waals surface area contributed by atoms with Crippen molar-refractivity contribution in [2.24, 2.45) is 5.92 Å². The summed E-state index contributed by atoms with van der Waals surface area (Å²) in [6.07, 6.45) is 3.77. The second-order valence-electron chi connectivity index (χ2n) is 3.77. The number of hydrogen-bond donors (Lipinski definition) is 2. The van der Waals surface area contributed by atoms with Crippen LogP contribution >= 0.6 is 0 Å². The molecule has 0 aromatic rings. The van der Waals surface area contributed by atoms with Crippen molar-refractivity contribution in [1.82, 2.24) is 5.32 Å². The van der Waals surface area contributed by atoms with Gasteiger partial charge in [-0.05, 0) is 25.7 Å². The molecule has 0 amide bonds. The molecule has 0 unspecified atom stereocenters. The van der Waals surface area contributed by atoms with E-state index in [9.17, 15) is 0 Å². The first-order valence-electron chi connectivity index (χ1n) is 4.61. The van der Waals surface area contributed by atoms with Crippen LogP contribution < -0.4 is 5.32 Å². The van der Waals surface area contributed by atoms with Gasteiger partial charge >= 0.3 is 0 Å². The van der Waals surface area contributed by atoms with Crippen molar-refractivity contribution >= 4 is 0 Å². The molecule has 1 fully saturated rings. The molecule has 0 aliphatic heterocycles. The van der Waals surface area contributed by atoms with Gasteiger partial charge in [-0.2, -0.15) is 0 Å². The van der Waals surface area contributed by atoms with Crippen molar-refractivity contribution < 1.29 is 5.11 Å². The molecule has 1 aliphatic rings. The Bertz CT molecular complexity index is 114. The van der Waals surface area contributed by atoms with E-state index in [1.165, 1.54) is 19.3 Å². The van der Waals surface area contributed by atoms with Crippen LogP contribution in [0.5, 0.6) is 0 Å². The van der Waals surface area contributed by atoms with Crippen molar-refractivity contribution in [3.63, 3.8) is 0 Å². The zero-order chi connectivity index (χ0) is 8.27. The van der Waals surface area contributed by atoms with Crippen molar-refractivity contribution in [2.75, 3.05) is 6.54 Å². The van der Waals surface area contributed by atoms with E-state index in [0.717, 1.165) is 12.5 Å². The largest absolute Gasteiger partial charge is 0.392 e. The maximum atomic E-state index is 9.04. The average molecular weight is 157 g/mol. The van der Waals surface area contributed by atoms with E-state index in [4.69, 9.17) is 5.11 Å². The highest BCUT2D eigenvalue weighted by Crippen LogP contribution is 2.24. The molecule has 3 atom stereocenters. The second kappa shape index (κ2) is 4.07. The molecule has 11 heavy (non-hydrogen) atoms. The summed E-state index contributed by atoms with van der Waals surface area (Å²) < 4.78 is 0. The van der Waals surface area contributed by atoms with Gasteiger partial charge in [-0.25, -0.2) is 0 Å². The molecular weight excluding hydrogens is 138 g/mol. The molecule has 2 N–H and O–H groups in total. The van der Waals surface area contributed by atoms with Crippen LogP contribution in [0.4, 0.5) is 0 Å². The first kappa shape index (κ1) is 9.01. The van der Waals surface area contributed by atoms with Gasteiger partial charge in [0.15, 0.2) is 0 Å². The van der Waals surface area contributed by atoms with E-state index in [1.807, 2.05) is 6.92 Å². The highest BCUT2D eigenvalue weighted by Gasteiger charge is 2.22. The molecule has 2 heteroatoms. The molecule has 1 aliphatic carbocycles. The Morgan fingerprint density at radius 1 is 1.55 bits per heavy atom. The first-order chi connectivity index (χ1) is 5.20. The molecule has 0 radical (unpaired) electrons. The monoisotopic (exact) mass is 157 g/mol. The smallest absolute Gasteiger partial charge is 0.0636 e. The summed E-state index contributed by atoms with van der Waals surface area (Å²) in [4.78, 5) is 0. The van der Waals surface area contributed by atoms with Gasteiger partial charge in [-0.15, -0.1) is 0 Å². The number of rotatable bonds is 3. The number of aliphatic hydroxyl groups is 1. The summed E-state index contributed by atoms with van der Waals surface area (Å²) in [6, 6.07) is 0.657. The van der Waals surface area contributed by atoms with Crippen molar-refractivity contribution in [3.8, 4) is 0 Å². The first-order valence-corrected chi connectivity index (χ1v) is 4.61. The van der Waals surface area contributed by atoms with Gasteiger partial charge < -0.3 is 10.4 Å². The molecule has 0 aromatic carbocycles. The fourth-order valence-corrected chi connectivity index (χ4v) is 1.77. The molecule has 0 aromatic heterocycles. The van der Waals surface area contributed by atoms with Crippen LogP contribution in [0.25, 0.3) is 0 Å². The molecule has 66 valence electrons. The van der Waals surface area contributed by atoms with Crippen LogP contribution in [0, 0.1) is 5.92 Å². The van der Waals surface area contributed by atoms with Crippen molar-refractivity contribution in [1.29, 1.82) is 0 Å². The summed E-state index contributed by atoms with van der Waals surface area (Å²) in [5, 5.41) is 12.4. The fraction of sp³-hybridized carbons (Fsp3) is 1.00. The van der Waals surface area contributed by atoms with Crippen LogP contribution in [-0.4, -0.2) is 23.8 Å². The zero-order valence-electron chi connectivity index (χ0n) is 7.51. The molecule has 0 spiro atoms. The lowest BCUT2D eigenvalue weighted by molar-refractivity contribution is 0.183. The van der Waals surface area contributed by atoms with Gasteiger partial charge in [0.2, 0.25) is 0 Å². The SMILES string of the molecule is C[C@@H](O)CN[C@H]1CCC[C@@H]1C. The third-order valence-corrected chi connectivity index (χ3v) is 2.54. The molecule has 0 saturated heterocycles. The zero-order valence-corrected chi connectivity index (χ0v) is 7.51. The quantitative estimate of drug-likeness (QED) is 0.644. The maximum Gasteiger partial charge on any atom is 0.0636 e. The van der Waals surface area contributed by atoms with Crippen LogP contribution in [0.15, 0.2) is 0 Å². The number of aliphatic hydroxyl groups excluding tert-OH is 1. The third-order valence-electron chi connectivity index (χ3n) is 2.54. The predicted octanol–water partition coefficient (Wildman–Crippen LogP) is 1.15. The molecular formula is C9H19NO. The van der Waals surface area contributed by atoms with Crippen LogP contribution in [0.3, 0.4) is 0 Å². The lowest BCUT2D eigenvalue weighted by Gasteiger charge is -2.17. The summed E-state index contributed by atoms with van der Waals surface area (Å²) >= 11 is 0. The van der Waals surface area contributed by atoms with Crippen LogP contribution in [-0.2, 0) is 0 Å². The molecule has 0 bridgehead atoms. The summed E-state index contributed by atoms with van der Waals surface area (Å²) in [5.74, 6) is 0.800. The van der Waals surface area contributed by atoms with Gasteiger partial charge in [-0.1, -0.05) is 13.3 Å². The van der Waals surface area contributed by atoms with E-state index < -0.39 is 0 Å². The fourth-order valence-electron chi connectivity index (χ4n) is 1.77. The van der Waals surface area contributed by atoms with Gasteiger partial charge in [-0.3, -0.25) is 0 Å². The predicted molar refractivity (Wildman–Crippen MR) is 46.5 cm³/mol. The summed E-state index contributed by atoms with van der Waals surface area (Å²) in [6.45, 7) is 4.86. The Hall–Kier alpha value is -0.0800. The normalized spacial score (nSPS) is 34.1. The molecule has 1 saturated carbocycles. The highest BCUT2D eigenvalue weighted by molar-refractivity contribution is 4.80. The minimum Gasteiger partial charge on any atom is -0.392 e. The Labute approximate surface area is 69.0 Å². The number of hydrogen-bond acceptors (Lipinski definition) is 2. The molecule has 2 nitrogen and oxygen atoms in total. The average Bonchev–Trinajstić information content (AvgIpc) is 2.31. The van der Waals surface area contributed by atoms with Gasteiger partial charge in [0.1, 0.15) is 0 Å². The highest BCUT2D eigenvalue weighted by atomic mass is 16.3. The third kappa shape index (κ3) is 2.80. The minimum atomic E-state index is -0.206. The van der Waals surface area contributed by atoms with E-state index >= 15 is 0 Å². The Kier molecular flexibility index (Phi) is 3.34. The summed E-state index contributed by atoms with van der Waals surface area (Å²) in [5.41, 5.74) is 0. The Morgan fingerprint density at radius 2 is 2.27 bits per heavy atom. The topological polar surface area (TPSA) is 32.3 Å². The van der Waals surface area contributed by atoms with Gasteiger partial charge in [0, 0.05) is 12.6 Å². The van der Waals surface area contributed by atoms with Crippen molar-refractivity contribution in [2.45, 2.75) is 45.3 Å². The van der Waals surface area contributed by atoms with Crippen molar-refractivity contribution in [3.05, 3.63) is 0 Å². The van der Waals surface area contributed by atoms with Gasteiger partial charge in [0.05, 0.1) is 6.10 Å². The standard InChI is InChI=1S/C9H19NO/c1-7-4-3-5-9(7)10-6-8(2)11/h7-11H,3-6H2,1-2H3/t7-,8+,9-/m0/s1. The lowest BCUT2D eigenvalue weighted by Crippen LogP contribution is -2.35. The number of nitrogens with one attached hydrogen (secondary N) is 1. The van der Waals surface area contributed by atoms with E-state index in [0.29, 0.717) is 6.04 Å². The minimum absolute atomic E-state index is 0.206. The van der Waals surface area contributed by atoms with E-state index in [2.05, 4.69) is 12.2 Å². The van der Waals surface area contributed by atoms with Crippen LogP contribution in [0.1, 0.15) is 33.1 Å². The Balaban J connectivity index is 2.15. The van der Waals surface area contributed by atoms with E-state index in [-0.39, 0.29) is 6.10 Å². The maximum absolute atomic E-state index is 9.04. The summed E-state index contributed by atoms with van der Waals surface area (Å²) in [7, 11) is 0.